The van der Waals surface area contributed by atoms with E-state index in [1.54, 1.807) is 6.07 Å². The molecule has 5 heteroatoms. The van der Waals surface area contributed by atoms with Crippen LogP contribution in [0.15, 0.2) is 18.2 Å². The van der Waals surface area contributed by atoms with E-state index in [-0.39, 0.29) is 17.4 Å². The maximum atomic E-state index is 12.7. The van der Waals surface area contributed by atoms with Crippen molar-refractivity contribution >= 4 is 29.1 Å². The molecule has 1 aliphatic rings. The minimum absolute atomic E-state index is 0.0940. The van der Waals surface area contributed by atoms with Crippen LogP contribution < -0.4 is 10.6 Å². The number of carbonyl (C=O) groups excluding carboxylic acids is 1. The van der Waals surface area contributed by atoms with Crippen LogP contribution in [0.5, 0.6) is 0 Å². The Morgan fingerprint density at radius 2 is 2.00 bits per heavy atom. The molecule has 1 aromatic rings. The lowest BCUT2D eigenvalue weighted by molar-refractivity contribution is -0.133. The van der Waals surface area contributed by atoms with Crippen molar-refractivity contribution in [3.05, 3.63) is 33.8 Å². The third-order valence-corrected chi connectivity index (χ3v) is 5.28. The van der Waals surface area contributed by atoms with Gasteiger partial charge >= 0.3 is 0 Å². The molecule has 0 aliphatic carbocycles. The van der Waals surface area contributed by atoms with Crippen molar-refractivity contribution in [1.29, 1.82) is 0 Å². The Morgan fingerprint density at radius 3 is 2.52 bits per heavy atom. The van der Waals surface area contributed by atoms with Crippen LogP contribution in [-0.4, -0.2) is 19.0 Å². The Bertz CT molecular complexity index is 525. The van der Waals surface area contributed by atoms with Gasteiger partial charge in [-0.05, 0) is 43.5 Å². The van der Waals surface area contributed by atoms with Gasteiger partial charge in [0, 0.05) is 6.54 Å². The number of rotatable bonds is 4. The number of hydrogen-bond acceptors (Lipinski definition) is 2. The topological polar surface area (TPSA) is 41.1 Å². The molecule has 1 heterocycles. The molecule has 1 aromatic carbocycles. The van der Waals surface area contributed by atoms with Gasteiger partial charge in [0.2, 0.25) is 5.91 Å². The van der Waals surface area contributed by atoms with E-state index in [1.807, 2.05) is 19.1 Å². The van der Waals surface area contributed by atoms with E-state index in [0.29, 0.717) is 16.0 Å². The van der Waals surface area contributed by atoms with E-state index in [0.717, 1.165) is 25.1 Å². The lowest BCUT2D eigenvalue weighted by atomic mass is 9.75. The van der Waals surface area contributed by atoms with Gasteiger partial charge in [0.25, 0.3) is 0 Å². The molecule has 21 heavy (non-hydrogen) atoms. The zero-order chi connectivity index (χ0) is 15.6. The first-order valence-corrected chi connectivity index (χ1v) is 8.09. The van der Waals surface area contributed by atoms with E-state index in [4.69, 9.17) is 23.2 Å². The highest BCUT2D eigenvalue weighted by Gasteiger charge is 2.44. The number of carbonyl (C=O) groups is 1. The summed E-state index contributed by atoms with van der Waals surface area (Å²) in [5.74, 6) is 0.412. The Kier molecular flexibility index (Phi) is 5.18. The summed E-state index contributed by atoms with van der Waals surface area (Å²) in [4.78, 5) is 12.7. The van der Waals surface area contributed by atoms with E-state index in [1.165, 1.54) is 0 Å². The molecule has 1 amide bonds. The van der Waals surface area contributed by atoms with Crippen molar-refractivity contribution in [1.82, 2.24) is 10.6 Å². The molecule has 0 bridgehead atoms. The summed E-state index contributed by atoms with van der Waals surface area (Å²) < 4.78 is 0. The molecular formula is C16H22Cl2N2O. The largest absolute Gasteiger partial charge is 0.349 e. The quantitative estimate of drug-likeness (QED) is 0.882. The summed E-state index contributed by atoms with van der Waals surface area (Å²) in [6.45, 7) is 7.82. The first-order chi connectivity index (χ1) is 9.86. The van der Waals surface area contributed by atoms with Crippen LogP contribution in [0.3, 0.4) is 0 Å². The Labute approximate surface area is 136 Å². The zero-order valence-corrected chi connectivity index (χ0v) is 14.2. The van der Waals surface area contributed by atoms with Crippen LogP contribution in [-0.2, 0) is 4.79 Å². The summed E-state index contributed by atoms with van der Waals surface area (Å²) >= 11 is 12.0. The normalized spacial score (nSPS) is 23.3. The molecule has 2 N–H and O–H groups in total. The number of halogens is 2. The molecule has 0 radical (unpaired) electrons. The Hall–Kier alpha value is -0.770. The third-order valence-electron chi connectivity index (χ3n) is 4.54. The standard InChI is InChI=1S/C16H22Cl2N2O/c1-10(2)16(6-7-19-9-16)15(21)20-11(3)12-4-5-13(17)14(18)8-12/h4-5,8,10-11,19H,6-7,9H2,1-3H3,(H,20,21). The summed E-state index contributed by atoms with van der Waals surface area (Å²) in [5.41, 5.74) is 0.646. The second kappa shape index (κ2) is 6.55. The second-order valence-corrected chi connectivity index (χ2v) is 6.92. The van der Waals surface area contributed by atoms with Crippen LogP contribution in [0, 0.1) is 11.3 Å². The van der Waals surface area contributed by atoms with Gasteiger partial charge in [0.15, 0.2) is 0 Å². The summed E-state index contributed by atoms with van der Waals surface area (Å²) in [6.07, 6.45) is 0.880. The number of amides is 1. The Balaban J connectivity index is 2.12. The van der Waals surface area contributed by atoms with Crippen LogP contribution in [0.2, 0.25) is 10.0 Å². The van der Waals surface area contributed by atoms with Gasteiger partial charge in [-0.25, -0.2) is 0 Å². The Morgan fingerprint density at radius 1 is 1.29 bits per heavy atom. The lowest BCUT2D eigenvalue weighted by Crippen LogP contribution is -2.46. The zero-order valence-electron chi connectivity index (χ0n) is 12.7. The smallest absolute Gasteiger partial charge is 0.228 e. The highest BCUT2D eigenvalue weighted by Crippen LogP contribution is 2.35. The molecule has 3 nitrogen and oxygen atoms in total. The predicted octanol–water partition coefficient (Wildman–Crippen LogP) is 3.81. The van der Waals surface area contributed by atoms with Crippen LogP contribution in [0.4, 0.5) is 0 Å². The molecule has 1 saturated heterocycles. The molecule has 1 aliphatic heterocycles. The van der Waals surface area contributed by atoms with Crippen molar-refractivity contribution in [2.75, 3.05) is 13.1 Å². The van der Waals surface area contributed by atoms with Crippen molar-refractivity contribution in [3.63, 3.8) is 0 Å². The minimum atomic E-state index is -0.315. The molecule has 0 spiro atoms. The minimum Gasteiger partial charge on any atom is -0.349 e. The highest BCUT2D eigenvalue weighted by atomic mass is 35.5. The van der Waals surface area contributed by atoms with E-state index >= 15 is 0 Å². The first-order valence-electron chi connectivity index (χ1n) is 7.33. The summed E-state index contributed by atoms with van der Waals surface area (Å²) in [5, 5.41) is 7.47. The van der Waals surface area contributed by atoms with Crippen molar-refractivity contribution in [2.24, 2.45) is 11.3 Å². The number of benzene rings is 1. The molecule has 2 unspecified atom stereocenters. The van der Waals surface area contributed by atoms with Gasteiger partial charge in [0.05, 0.1) is 21.5 Å². The van der Waals surface area contributed by atoms with Crippen molar-refractivity contribution in [3.8, 4) is 0 Å². The van der Waals surface area contributed by atoms with Gasteiger partial charge in [-0.15, -0.1) is 0 Å². The fourth-order valence-corrected chi connectivity index (χ4v) is 3.17. The predicted molar refractivity (Wildman–Crippen MR) is 87.8 cm³/mol. The SMILES string of the molecule is CC(NC(=O)C1(C(C)C)CCNC1)c1ccc(Cl)c(Cl)c1. The fourth-order valence-electron chi connectivity index (χ4n) is 2.87. The summed E-state index contributed by atoms with van der Waals surface area (Å²) in [7, 11) is 0. The van der Waals surface area contributed by atoms with Gasteiger partial charge in [-0.2, -0.15) is 0 Å². The second-order valence-electron chi connectivity index (χ2n) is 6.11. The molecule has 2 rings (SSSR count). The number of hydrogen-bond donors (Lipinski definition) is 2. The van der Waals surface area contributed by atoms with Crippen LogP contribution in [0.25, 0.3) is 0 Å². The summed E-state index contributed by atoms with van der Waals surface area (Å²) in [6, 6.07) is 5.37. The van der Waals surface area contributed by atoms with Crippen molar-refractivity contribution < 1.29 is 4.79 Å². The van der Waals surface area contributed by atoms with E-state index in [2.05, 4.69) is 24.5 Å². The fraction of sp³-hybridized carbons (Fsp3) is 0.562. The average Bonchev–Trinajstić information content (AvgIpc) is 2.92. The van der Waals surface area contributed by atoms with Crippen LogP contribution in [0.1, 0.15) is 38.8 Å². The van der Waals surface area contributed by atoms with Gasteiger partial charge < -0.3 is 10.6 Å². The van der Waals surface area contributed by atoms with E-state index in [9.17, 15) is 4.79 Å². The molecule has 1 fully saturated rings. The van der Waals surface area contributed by atoms with E-state index < -0.39 is 0 Å². The number of nitrogens with one attached hydrogen (secondary N) is 2. The highest BCUT2D eigenvalue weighted by molar-refractivity contribution is 6.42. The molecule has 2 atom stereocenters. The molecular weight excluding hydrogens is 307 g/mol. The molecule has 0 aromatic heterocycles. The van der Waals surface area contributed by atoms with Gasteiger partial charge in [0.1, 0.15) is 0 Å². The molecule has 0 saturated carbocycles. The first kappa shape index (κ1) is 16.6. The van der Waals surface area contributed by atoms with Crippen LogP contribution >= 0.6 is 23.2 Å². The molecule has 116 valence electrons. The maximum Gasteiger partial charge on any atom is 0.228 e. The maximum absolute atomic E-state index is 12.7. The lowest BCUT2D eigenvalue weighted by Gasteiger charge is -2.32. The average molecular weight is 329 g/mol. The van der Waals surface area contributed by atoms with Gasteiger partial charge in [-0.3, -0.25) is 4.79 Å². The monoisotopic (exact) mass is 328 g/mol. The van der Waals surface area contributed by atoms with Gasteiger partial charge in [-0.1, -0.05) is 43.1 Å². The third kappa shape index (κ3) is 3.36. The van der Waals surface area contributed by atoms with Crippen molar-refractivity contribution in [2.45, 2.75) is 33.2 Å².